The summed E-state index contributed by atoms with van der Waals surface area (Å²) in [5, 5.41) is 12.4. The van der Waals surface area contributed by atoms with Crippen LogP contribution in [0, 0.1) is 11.3 Å². The minimum absolute atomic E-state index is 0.0880. The Hall–Kier alpha value is -1.26. The largest absolute Gasteiger partial charge is 0.481 e. The molecule has 0 radical (unpaired) electrons. The van der Waals surface area contributed by atoms with Crippen LogP contribution in [-0.2, 0) is 4.79 Å². The second-order valence-corrected chi connectivity index (χ2v) is 6.69. The summed E-state index contributed by atoms with van der Waals surface area (Å²) in [6, 6.07) is -0.0880. The SMILES string of the molecule is CCCN(CC1CC1)C(=O)NCC1(C(=O)O)CCCCC1. The Morgan fingerprint density at radius 1 is 1.24 bits per heavy atom. The van der Waals surface area contributed by atoms with Crippen molar-refractivity contribution in [1.29, 1.82) is 0 Å². The number of aliphatic carboxylic acids is 1. The molecule has 2 fully saturated rings. The Bertz CT molecular complexity index is 374. The lowest BCUT2D eigenvalue weighted by atomic mass is 9.74. The summed E-state index contributed by atoms with van der Waals surface area (Å²) in [4.78, 5) is 25.8. The van der Waals surface area contributed by atoms with Gasteiger partial charge in [-0.3, -0.25) is 4.79 Å². The van der Waals surface area contributed by atoms with Gasteiger partial charge in [0.1, 0.15) is 0 Å². The third-order valence-electron chi connectivity index (χ3n) is 4.80. The predicted molar refractivity (Wildman–Crippen MR) is 81.1 cm³/mol. The van der Waals surface area contributed by atoms with Gasteiger partial charge in [-0.1, -0.05) is 26.2 Å². The zero-order valence-corrected chi connectivity index (χ0v) is 13.1. The number of nitrogens with one attached hydrogen (secondary N) is 1. The zero-order chi connectivity index (χ0) is 15.3. The normalized spacial score (nSPS) is 20.8. The molecule has 0 unspecified atom stereocenters. The quantitative estimate of drug-likeness (QED) is 0.759. The summed E-state index contributed by atoms with van der Waals surface area (Å²) in [6.07, 6.45) is 7.72. The molecule has 5 heteroatoms. The van der Waals surface area contributed by atoms with Crippen molar-refractivity contribution in [2.24, 2.45) is 11.3 Å². The molecule has 2 rings (SSSR count). The Morgan fingerprint density at radius 3 is 2.43 bits per heavy atom. The van der Waals surface area contributed by atoms with Crippen molar-refractivity contribution in [3.8, 4) is 0 Å². The fraction of sp³-hybridized carbons (Fsp3) is 0.875. The van der Waals surface area contributed by atoms with E-state index in [0.29, 0.717) is 18.8 Å². The Morgan fingerprint density at radius 2 is 1.90 bits per heavy atom. The van der Waals surface area contributed by atoms with Crippen LogP contribution < -0.4 is 5.32 Å². The Balaban J connectivity index is 1.88. The van der Waals surface area contributed by atoms with Crippen molar-refractivity contribution in [1.82, 2.24) is 10.2 Å². The lowest BCUT2D eigenvalue weighted by Gasteiger charge is -2.34. The first-order valence-corrected chi connectivity index (χ1v) is 8.33. The van der Waals surface area contributed by atoms with Gasteiger partial charge in [0.2, 0.25) is 0 Å². The highest BCUT2D eigenvalue weighted by Crippen LogP contribution is 2.36. The van der Waals surface area contributed by atoms with E-state index in [4.69, 9.17) is 0 Å². The average Bonchev–Trinajstić information content (AvgIpc) is 3.29. The number of urea groups is 1. The van der Waals surface area contributed by atoms with Gasteiger partial charge in [0.25, 0.3) is 0 Å². The summed E-state index contributed by atoms with van der Waals surface area (Å²) < 4.78 is 0. The minimum Gasteiger partial charge on any atom is -0.481 e. The molecule has 0 aromatic carbocycles. The summed E-state index contributed by atoms with van der Waals surface area (Å²) in [7, 11) is 0. The summed E-state index contributed by atoms with van der Waals surface area (Å²) in [6.45, 7) is 3.90. The molecule has 0 aromatic rings. The first-order chi connectivity index (χ1) is 10.1. The third-order valence-corrected chi connectivity index (χ3v) is 4.80. The molecular weight excluding hydrogens is 268 g/mol. The molecule has 2 saturated carbocycles. The second kappa shape index (κ2) is 7.14. The van der Waals surface area contributed by atoms with Gasteiger partial charge in [-0.15, -0.1) is 0 Å². The highest BCUT2D eigenvalue weighted by Gasteiger charge is 2.40. The van der Waals surface area contributed by atoms with Gasteiger partial charge in [-0.25, -0.2) is 4.79 Å². The number of amides is 2. The fourth-order valence-electron chi connectivity index (χ4n) is 3.21. The van der Waals surface area contributed by atoms with Crippen LogP contribution in [0.15, 0.2) is 0 Å². The molecular formula is C16H28N2O3. The van der Waals surface area contributed by atoms with Crippen molar-refractivity contribution >= 4 is 12.0 Å². The van der Waals surface area contributed by atoms with E-state index >= 15 is 0 Å². The van der Waals surface area contributed by atoms with Gasteiger partial charge in [-0.05, 0) is 38.0 Å². The second-order valence-electron chi connectivity index (χ2n) is 6.69. The van der Waals surface area contributed by atoms with Crippen molar-refractivity contribution in [2.75, 3.05) is 19.6 Å². The van der Waals surface area contributed by atoms with Gasteiger partial charge in [0, 0.05) is 19.6 Å². The van der Waals surface area contributed by atoms with Crippen LogP contribution in [0.4, 0.5) is 4.79 Å². The molecule has 0 aromatic heterocycles. The molecule has 2 aliphatic carbocycles. The topological polar surface area (TPSA) is 69.6 Å². The lowest BCUT2D eigenvalue weighted by molar-refractivity contribution is -0.150. The average molecular weight is 296 g/mol. The monoisotopic (exact) mass is 296 g/mol. The van der Waals surface area contributed by atoms with Crippen LogP contribution in [0.3, 0.4) is 0 Å². The first kappa shape index (κ1) is 16.1. The minimum atomic E-state index is -0.758. The fourth-order valence-corrected chi connectivity index (χ4v) is 3.21. The van der Waals surface area contributed by atoms with E-state index in [0.717, 1.165) is 38.8 Å². The van der Waals surface area contributed by atoms with E-state index in [1.165, 1.54) is 12.8 Å². The summed E-state index contributed by atoms with van der Waals surface area (Å²) in [5.74, 6) is -0.0999. The maximum Gasteiger partial charge on any atom is 0.317 e. The molecule has 21 heavy (non-hydrogen) atoms. The number of hydrogen-bond acceptors (Lipinski definition) is 2. The molecule has 0 aliphatic heterocycles. The van der Waals surface area contributed by atoms with Crippen molar-refractivity contribution in [3.05, 3.63) is 0 Å². The number of rotatable bonds is 7. The maximum absolute atomic E-state index is 12.3. The maximum atomic E-state index is 12.3. The van der Waals surface area contributed by atoms with Gasteiger partial charge < -0.3 is 15.3 Å². The summed E-state index contributed by atoms with van der Waals surface area (Å²) in [5.41, 5.74) is -0.745. The number of nitrogens with zero attached hydrogens (tertiary/aromatic N) is 1. The number of hydrogen-bond donors (Lipinski definition) is 2. The first-order valence-electron chi connectivity index (χ1n) is 8.33. The molecule has 0 atom stereocenters. The van der Waals surface area contributed by atoms with E-state index in [1.54, 1.807) is 0 Å². The van der Waals surface area contributed by atoms with Crippen molar-refractivity contribution in [2.45, 2.75) is 58.3 Å². The molecule has 120 valence electrons. The van der Waals surface area contributed by atoms with E-state index in [-0.39, 0.29) is 12.6 Å². The third kappa shape index (κ3) is 4.35. The highest BCUT2D eigenvalue weighted by atomic mass is 16.4. The van der Waals surface area contributed by atoms with Crippen LogP contribution >= 0.6 is 0 Å². The van der Waals surface area contributed by atoms with Crippen molar-refractivity contribution < 1.29 is 14.7 Å². The van der Waals surface area contributed by atoms with Crippen molar-refractivity contribution in [3.63, 3.8) is 0 Å². The number of carboxylic acid groups (broad SMARTS) is 1. The molecule has 0 bridgehead atoms. The van der Waals surface area contributed by atoms with Crippen LogP contribution in [0.1, 0.15) is 58.3 Å². The van der Waals surface area contributed by atoms with Crippen LogP contribution in [0.2, 0.25) is 0 Å². The molecule has 0 heterocycles. The predicted octanol–water partition coefficient (Wildman–Crippen LogP) is 2.85. The Kier molecular flexibility index (Phi) is 5.48. The molecule has 2 amide bonds. The Labute approximate surface area is 127 Å². The summed E-state index contributed by atoms with van der Waals surface area (Å²) >= 11 is 0. The number of carbonyl (C=O) groups is 2. The molecule has 0 spiro atoms. The van der Waals surface area contributed by atoms with Crippen LogP contribution in [-0.4, -0.2) is 41.6 Å². The zero-order valence-electron chi connectivity index (χ0n) is 13.1. The molecule has 5 nitrogen and oxygen atoms in total. The standard InChI is InChI=1S/C16H28N2O3/c1-2-10-18(11-13-6-7-13)15(21)17-12-16(14(19)20)8-4-3-5-9-16/h13H,2-12H2,1H3,(H,17,21)(H,19,20). The van der Waals surface area contributed by atoms with Gasteiger partial charge in [0.05, 0.1) is 5.41 Å². The van der Waals surface area contributed by atoms with Gasteiger partial charge >= 0.3 is 12.0 Å². The van der Waals surface area contributed by atoms with E-state index in [1.807, 2.05) is 4.90 Å². The molecule has 2 aliphatic rings. The number of carboxylic acids is 1. The molecule has 2 N–H and O–H groups in total. The van der Waals surface area contributed by atoms with E-state index in [9.17, 15) is 14.7 Å². The van der Waals surface area contributed by atoms with Crippen LogP contribution in [0.25, 0.3) is 0 Å². The number of carbonyl (C=O) groups excluding carboxylic acids is 1. The van der Waals surface area contributed by atoms with E-state index in [2.05, 4.69) is 12.2 Å². The highest BCUT2D eigenvalue weighted by molar-refractivity contribution is 5.78. The smallest absolute Gasteiger partial charge is 0.317 e. The van der Waals surface area contributed by atoms with Gasteiger partial charge in [0.15, 0.2) is 0 Å². The van der Waals surface area contributed by atoms with Gasteiger partial charge in [-0.2, -0.15) is 0 Å². The van der Waals surface area contributed by atoms with E-state index < -0.39 is 11.4 Å². The van der Waals surface area contributed by atoms with Crippen LogP contribution in [0.5, 0.6) is 0 Å². The lowest BCUT2D eigenvalue weighted by Crippen LogP contribution is -2.49. The molecule has 0 saturated heterocycles.